The Morgan fingerprint density at radius 1 is 1.20 bits per heavy atom. The normalized spacial score (nSPS) is 11.7. The minimum atomic E-state index is 0.0123. The first-order valence-corrected chi connectivity index (χ1v) is 7.23. The minimum absolute atomic E-state index is 0.0123. The van der Waals surface area contributed by atoms with Crippen LogP contribution in [0.3, 0.4) is 0 Å². The fraction of sp³-hybridized carbons (Fsp3) is 0.133. The predicted octanol–water partition coefficient (Wildman–Crippen LogP) is 4.20. The summed E-state index contributed by atoms with van der Waals surface area (Å²) < 4.78 is 0. The van der Waals surface area contributed by atoms with Gasteiger partial charge in [-0.3, -0.25) is 0 Å². The van der Waals surface area contributed by atoms with E-state index in [1.807, 2.05) is 12.1 Å². The molecule has 104 valence electrons. The molecule has 0 aliphatic carbocycles. The summed E-state index contributed by atoms with van der Waals surface area (Å²) in [6.45, 7) is 4.14. The molecule has 0 atom stereocenters. The quantitative estimate of drug-likeness (QED) is 0.387. The molecule has 3 nitrogen and oxygen atoms in total. The van der Waals surface area contributed by atoms with Gasteiger partial charge in [-0.15, -0.1) is 0 Å². The maximum Gasteiger partial charge on any atom is 0.171 e. The lowest BCUT2D eigenvalue weighted by atomic mass is 10.2. The number of hydrogen-bond donors (Lipinski definition) is 2. The molecule has 3 N–H and O–H groups in total. The number of nitrogens with zero attached hydrogens (tertiary/aromatic N) is 1. The van der Waals surface area contributed by atoms with E-state index in [1.54, 1.807) is 17.8 Å². The first kappa shape index (κ1) is 14.8. The maximum atomic E-state index is 8.68. The topological polar surface area (TPSA) is 58.6 Å². The lowest BCUT2D eigenvalue weighted by Crippen LogP contribution is -2.13. The van der Waals surface area contributed by atoms with E-state index in [0.29, 0.717) is 10.6 Å². The average Bonchev–Trinajstić information content (AvgIpc) is 2.42. The zero-order chi connectivity index (χ0) is 14.7. The van der Waals surface area contributed by atoms with Crippen molar-refractivity contribution in [3.8, 4) is 0 Å². The van der Waals surface area contributed by atoms with Gasteiger partial charge in [0.2, 0.25) is 0 Å². The summed E-state index contributed by atoms with van der Waals surface area (Å²) in [5.74, 6) is 0.0123. The number of nitrogens with two attached hydrogens (primary N) is 1. The third-order valence-corrected chi connectivity index (χ3v) is 4.36. The third-order valence-electron chi connectivity index (χ3n) is 2.90. The van der Waals surface area contributed by atoms with Crippen molar-refractivity contribution < 1.29 is 5.21 Å². The Bertz CT molecular complexity index is 671. The van der Waals surface area contributed by atoms with Crippen LogP contribution in [0.15, 0.2) is 51.3 Å². The summed E-state index contributed by atoms with van der Waals surface area (Å²) in [5.41, 5.74) is 8.52. The van der Waals surface area contributed by atoms with Gasteiger partial charge >= 0.3 is 0 Å². The monoisotopic (exact) mass is 306 g/mol. The fourth-order valence-corrected chi connectivity index (χ4v) is 3.15. The first-order valence-electron chi connectivity index (χ1n) is 6.04. The number of aryl methyl sites for hydroxylation is 2. The van der Waals surface area contributed by atoms with Crippen LogP contribution in [0.25, 0.3) is 0 Å². The molecule has 0 unspecified atom stereocenters. The van der Waals surface area contributed by atoms with Gasteiger partial charge in [-0.1, -0.05) is 40.7 Å². The molecule has 0 aromatic heterocycles. The fourth-order valence-electron chi connectivity index (χ4n) is 1.77. The molecule has 0 heterocycles. The largest absolute Gasteiger partial charge is 0.409 e. The Hall–Kier alpha value is -1.65. The van der Waals surface area contributed by atoms with E-state index in [4.69, 9.17) is 22.5 Å². The molecule has 0 fully saturated rings. The van der Waals surface area contributed by atoms with Crippen LogP contribution < -0.4 is 5.73 Å². The smallest absolute Gasteiger partial charge is 0.171 e. The molecule has 20 heavy (non-hydrogen) atoms. The second kappa shape index (κ2) is 6.20. The second-order valence-corrected chi connectivity index (χ2v) is 6.02. The molecule has 0 bridgehead atoms. The Morgan fingerprint density at radius 2 is 1.95 bits per heavy atom. The van der Waals surface area contributed by atoms with Crippen LogP contribution in [0.2, 0.25) is 5.02 Å². The van der Waals surface area contributed by atoms with E-state index in [-0.39, 0.29) is 5.84 Å². The SMILES string of the molecule is Cc1ccc(C)c(Sc2ccc(C(N)=NO)c(Cl)c2)c1. The average molecular weight is 307 g/mol. The minimum Gasteiger partial charge on any atom is -0.409 e. The van der Waals surface area contributed by atoms with E-state index in [0.717, 1.165) is 4.90 Å². The van der Waals surface area contributed by atoms with Gasteiger partial charge in [0, 0.05) is 15.4 Å². The number of rotatable bonds is 3. The van der Waals surface area contributed by atoms with E-state index >= 15 is 0 Å². The molecule has 0 radical (unpaired) electrons. The third kappa shape index (κ3) is 3.26. The van der Waals surface area contributed by atoms with Crippen LogP contribution in [0.1, 0.15) is 16.7 Å². The number of amidine groups is 1. The summed E-state index contributed by atoms with van der Waals surface area (Å²) in [6, 6.07) is 11.8. The highest BCUT2D eigenvalue weighted by Gasteiger charge is 2.08. The number of halogens is 1. The van der Waals surface area contributed by atoms with Crippen molar-refractivity contribution in [1.82, 2.24) is 0 Å². The van der Waals surface area contributed by atoms with Crippen molar-refractivity contribution in [2.75, 3.05) is 0 Å². The molecular formula is C15H15ClN2OS. The van der Waals surface area contributed by atoms with Crippen LogP contribution in [0.5, 0.6) is 0 Å². The van der Waals surface area contributed by atoms with Gasteiger partial charge in [-0.05, 0) is 49.2 Å². The Labute approximate surface area is 127 Å². The summed E-state index contributed by atoms with van der Waals surface area (Å²) in [7, 11) is 0. The highest BCUT2D eigenvalue weighted by molar-refractivity contribution is 7.99. The Morgan fingerprint density at radius 3 is 2.60 bits per heavy atom. The van der Waals surface area contributed by atoms with Gasteiger partial charge in [0.05, 0.1) is 5.02 Å². The van der Waals surface area contributed by atoms with Gasteiger partial charge in [0.15, 0.2) is 5.84 Å². The molecule has 2 aromatic carbocycles. The molecule has 0 aliphatic rings. The highest BCUT2D eigenvalue weighted by atomic mass is 35.5. The number of hydrogen-bond acceptors (Lipinski definition) is 3. The molecule has 0 aliphatic heterocycles. The van der Waals surface area contributed by atoms with E-state index < -0.39 is 0 Å². The number of benzene rings is 2. The molecule has 0 saturated carbocycles. The summed E-state index contributed by atoms with van der Waals surface area (Å²) in [6.07, 6.45) is 0. The molecule has 2 rings (SSSR count). The van der Waals surface area contributed by atoms with E-state index in [9.17, 15) is 0 Å². The second-order valence-electron chi connectivity index (χ2n) is 4.50. The van der Waals surface area contributed by atoms with Crippen molar-refractivity contribution in [2.45, 2.75) is 23.6 Å². The molecule has 5 heteroatoms. The van der Waals surface area contributed by atoms with Gasteiger partial charge in [-0.25, -0.2) is 0 Å². The first-order chi connectivity index (χ1) is 9.51. The van der Waals surface area contributed by atoms with Crippen molar-refractivity contribution in [2.24, 2.45) is 10.9 Å². The zero-order valence-electron chi connectivity index (χ0n) is 11.2. The Kier molecular flexibility index (Phi) is 4.57. The summed E-state index contributed by atoms with van der Waals surface area (Å²) in [4.78, 5) is 2.20. The molecule has 0 spiro atoms. The maximum absolute atomic E-state index is 8.68. The lowest BCUT2D eigenvalue weighted by Gasteiger charge is -2.09. The summed E-state index contributed by atoms with van der Waals surface area (Å²) >= 11 is 7.80. The van der Waals surface area contributed by atoms with Crippen molar-refractivity contribution >= 4 is 29.2 Å². The van der Waals surface area contributed by atoms with Gasteiger partial charge in [0.25, 0.3) is 0 Å². The number of oxime groups is 1. The van der Waals surface area contributed by atoms with Crippen molar-refractivity contribution in [3.63, 3.8) is 0 Å². The van der Waals surface area contributed by atoms with Crippen molar-refractivity contribution in [3.05, 3.63) is 58.1 Å². The van der Waals surface area contributed by atoms with Crippen LogP contribution in [0, 0.1) is 13.8 Å². The van der Waals surface area contributed by atoms with Crippen LogP contribution in [0.4, 0.5) is 0 Å². The predicted molar refractivity (Wildman–Crippen MR) is 84.0 cm³/mol. The Balaban J connectivity index is 2.31. The molecular weight excluding hydrogens is 292 g/mol. The lowest BCUT2D eigenvalue weighted by molar-refractivity contribution is 0.318. The summed E-state index contributed by atoms with van der Waals surface area (Å²) in [5, 5.41) is 12.1. The van der Waals surface area contributed by atoms with Gasteiger partial charge in [0.1, 0.15) is 0 Å². The molecule has 2 aromatic rings. The van der Waals surface area contributed by atoms with E-state index in [2.05, 4.69) is 37.2 Å². The van der Waals surface area contributed by atoms with Crippen LogP contribution in [-0.2, 0) is 0 Å². The van der Waals surface area contributed by atoms with Crippen molar-refractivity contribution in [1.29, 1.82) is 0 Å². The zero-order valence-corrected chi connectivity index (χ0v) is 12.8. The molecule has 0 amide bonds. The molecule has 0 saturated heterocycles. The van der Waals surface area contributed by atoms with E-state index in [1.165, 1.54) is 16.0 Å². The van der Waals surface area contributed by atoms with Crippen LogP contribution >= 0.6 is 23.4 Å². The highest BCUT2D eigenvalue weighted by Crippen LogP contribution is 2.33. The van der Waals surface area contributed by atoms with Gasteiger partial charge in [-0.2, -0.15) is 0 Å². The van der Waals surface area contributed by atoms with Gasteiger partial charge < -0.3 is 10.9 Å². The van der Waals surface area contributed by atoms with Crippen LogP contribution in [-0.4, -0.2) is 11.0 Å². The standard InChI is InChI=1S/C15H15ClN2OS/c1-9-3-4-10(2)14(7-9)20-11-5-6-12(13(16)8-11)15(17)18-19/h3-8,19H,1-2H3,(H2,17,18).